The largest absolute Gasteiger partial charge is 0.362 e. The van der Waals surface area contributed by atoms with Gasteiger partial charge in [0.1, 0.15) is 0 Å². The lowest BCUT2D eigenvalue weighted by Gasteiger charge is -2.03. The number of carbonyl (C=O) groups is 2. The molecule has 0 bridgehead atoms. The molecule has 0 unspecified atom stereocenters. The lowest BCUT2D eigenvalue weighted by molar-refractivity contribution is -0.124. The molecule has 0 aliphatic rings. The molecule has 2 aromatic rings. The number of nitrogens with one attached hydrogen (secondary N) is 1. The summed E-state index contributed by atoms with van der Waals surface area (Å²) in [5, 5.41) is 0. The molecule has 0 atom stereocenters. The van der Waals surface area contributed by atoms with E-state index >= 15 is 0 Å². The molecule has 23 heavy (non-hydrogen) atoms. The highest BCUT2D eigenvalue weighted by molar-refractivity contribution is 5.94. The highest BCUT2D eigenvalue weighted by atomic mass is 16.7. The van der Waals surface area contributed by atoms with Gasteiger partial charge in [-0.3, -0.25) is 4.79 Å². The molecule has 0 aliphatic carbocycles. The minimum absolute atomic E-state index is 0.379. The van der Waals surface area contributed by atoms with Crippen molar-refractivity contribution in [3.8, 4) is 0 Å². The molecule has 1 N–H and O–H groups in total. The van der Waals surface area contributed by atoms with Gasteiger partial charge in [-0.15, -0.1) is 0 Å². The first-order valence-corrected chi connectivity index (χ1v) is 7.52. The minimum Gasteiger partial charge on any atom is -0.335 e. The fourth-order valence-electron chi connectivity index (χ4n) is 2.08. The second-order valence-electron chi connectivity index (χ2n) is 5.05. The normalized spacial score (nSPS) is 10.5. The van der Waals surface area contributed by atoms with Gasteiger partial charge in [-0.1, -0.05) is 55.8 Å². The van der Waals surface area contributed by atoms with Crippen molar-refractivity contribution in [3.63, 3.8) is 0 Å². The molecular formula is C19H19NO3. The monoisotopic (exact) mass is 309 g/mol. The highest BCUT2D eigenvalue weighted by Gasteiger charge is 2.07. The van der Waals surface area contributed by atoms with Crippen LogP contribution in [0.3, 0.4) is 0 Å². The Labute approximate surface area is 135 Å². The maximum absolute atomic E-state index is 11.7. The molecule has 1 amide bonds. The van der Waals surface area contributed by atoms with E-state index in [1.165, 1.54) is 11.6 Å². The van der Waals surface area contributed by atoms with Crippen molar-refractivity contribution in [3.05, 3.63) is 77.4 Å². The second kappa shape index (κ2) is 8.54. The average molecular weight is 309 g/mol. The second-order valence-corrected chi connectivity index (χ2v) is 5.05. The van der Waals surface area contributed by atoms with E-state index in [4.69, 9.17) is 4.84 Å². The van der Waals surface area contributed by atoms with Crippen molar-refractivity contribution in [1.82, 2.24) is 5.48 Å². The summed E-state index contributed by atoms with van der Waals surface area (Å²) >= 11 is 0. The number of carbonyl (C=O) groups excluding carboxylic acids is 2. The molecular weight excluding hydrogens is 290 g/mol. The van der Waals surface area contributed by atoms with Crippen LogP contribution in [-0.2, 0) is 16.1 Å². The Hall–Kier alpha value is -2.88. The first kappa shape index (κ1) is 16.5. The van der Waals surface area contributed by atoms with E-state index < -0.39 is 11.9 Å². The number of amides is 1. The van der Waals surface area contributed by atoms with Gasteiger partial charge in [0.25, 0.3) is 5.91 Å². The summed E-state index contributed by atoms with van der Waals surface area (Å²) in [5.74, 6) is -1.09. The van der Waals surface area contributed by atoms with Gasteiger partial charge in [-0.2, -0.15) is 5.48 Å². The van der Waals surface area contributed by atoms with Gasteiger partial charge in [-0.05, 0) is 35.8 Å². The highest BCUT2D eigenvalue weighted by Crippen LogP contribution is 2.09. The van der Waals surface area contributed by atoms with Crippen molar-refractivity contribution in [1.29, 1.82) is 0 Å². The molecule has 0 aliphatic heterocycles. The van der Waals surface area contributed by atoms with Crippen LogP contribution in [0.2, 0.25) is 0 Å². The third kappa shape index (κ3) is 5.43. The predicted molar refractivity (Wildman–Crippen MR) is 89.5 cm³/mol. The van der Waals surface area contributed by atoms with E-state index in [1.807, 2.05) is 18.2 Å². The summed E-state index contributed by atoms with van der Waals surface area (Å²) in [6.07, 6.45) is 5.10. The number of hydrogen-bond donors (Lipinski definition) is 1. The van der Waals surface area contributed by atoms with Crippen LogP contribution in [0.25, 0.3) is 6.08 Å². The molecule has 2 rings (SSSR count). The van der Waals surface area contributed by atoms with Crippen LogP contribution in [0.4, 0.5) is 0 Å². The van der Waals surface area contributed by atoms with Crippen molar-refractivity contribution in [2.75, 3.05) is 0 Å². The number of aryl methyl sites for hydroxylation is 1. The van der Waals surface area contributed by atoms with Crippen molar-refractivity contribution in [2.45, 2.75) is 19.8 Å². The number of hydroxylamine groups is 1. The maximum atomic E-state index is 11.7. The first-order valence-electron chi connectivity index (χ1n) is 7.52. The van der Waals surface area contributed by atoms with E-state index in [9.17, 15) is 9.59 Å². The SMILES string of the molecule is CCCc1cccc(C=CC(=O)NOC(=O)c2ccccc2)c1. The van der Waals surface area contributed by atoms with Gasteiger partial charge in [0.15, 0.2) is 0 Å². The fourth-order valence-corrected chi connectivity index (χ4v) is 2.08. The fraction of sp³-hybridized carbons (Fsp3) is 0.158. The van der Waals surface area contributed by atoms with Crippen LogP contribution < -0.4 is 5.48 Å². The lowest BCUT2D eigenvalue weighted by atomic mass is 10.1. The molecule has 0 saturated carbocycles. The number of benzene rings is 2. The molecule has 0 fully saturated rings. The van der Waals surface area contributed by atoms with E-state index in [0.29, 0.717) is 5.56 Å². The summed E-state index contributed by atoms with van der Waals surface area (Å²) in [6.45, 7) is 2.12. The van der Waals surface area contributed by atoms with Gasteiger partial charge in [-0.25, -0.2) is 4.79 Å². The van der Waals surface area contributed by atoms with Crippen LogP contribution in [0, 0.1) is 0 Å². The molecule has 118 valence electrons. The standard InChI is InChI=1S/C19H19NO3/c1-2-7-15-8-6-9-16(14-15)12-13-18(21)20-23-19(22)17-10-4-3-5-11-17/h3-6,8-14H,2,7H2,1H3,(H,20,21). The van der Waals surface area contributed by atoms with E-state index in [1.54, 1.807) is 36.4 Å². The minimum atomic E-state index is -0.600. The molecule has 4 nitrogen and oxygen atoms in total. The van der Waals surface area contributed by atoms with Crippen LogP contribution >= 0.6 is 0 Å². The van der Waals surface area contributed by atoms with E-state index in [0.717, 1.165) is 18.4 Å². The molecule has 4 heteroatoms. The molecule has 0 heterocycles. The zero-order chi connectivity index (χ0) is 16.5. The molecule has 2 aromatic carbocycles. The topological polar surface area (TPSA) is 55.4 Å². The smallest absolute Gasteiger partial charge is 0.335 e. The zero-order valence-corrected chi connectivity index (χ0v) is 13.0. The summed E-state index contributed by atoms with van der Waals surface area (Å²) in [5.41, 5.74) is 4.65. The van der Waals surface area contributed by atoms with Crippen molar-refractivity contribution >= 4 is 18.0 Å². The third-order valence-electron chi connectivity index (χ3n) is 3.17. The zero-order valence-electron chi connectivity index (χ0n) is 13.0. The Balaban J connectivity index is 1.87. The van der Waals surface area contributed by atoms with Gasteiger partial charge < -0.3 is 4.84 Å². The van der Waals surface area contributed by atoms with Gasteiger partial charge in [0.2, 0.25) is 0 Å². The Bertz CT molecular complexity index is 693. The van der Waals surface area contributed by atoms with Gasteiger partial charge >= 0.3 is 5.97 Å². The Kier molecular flexibility index (Phi) is 6.12. The van der Waals surface area contributed by atoms with Crippen molar-refractivity contribution in [2.24, 2.45) is 0 Å². The number of hydrogen-bond acceptors (Lipinski definition) is 3. The van der Waals surface area contributed by atoms with E-state index in [2.05, 4.69) is 18.5 Å². The number of rotatable bonds is 5. The van der Waals surface area contributed by atoms with Crippen LogP contribution in [-0.4, -0.2) is 11.9 Å². The maximum Gasteiger partial charge on any atom is 0.362 e. The first-order chi connectivity index (χ1) is 11.2. The average Bonchev–Trinajstić information content (AvgIpc) is 2.59. The summed E-state index contributed by atoms with van der Waals surface area (Å²) < 4.78 is 0. The third-order valence-corrected chi connectivity index (χ3v) is 3.17. The predicted octanol–water partition coefficient (Wildman–Crippen LogP) is 3.54. The van der Waals surface area contributed by atoms with Crippen LogP contribution in [0.1, 0.15) is 34.8 Å². The Morgan fingerprint density at radius 1 is 1.09 bits per heavy atom. The molecule has 0 aromatic heterocycles. The van der Waals surface area contributed by atoms with E-state index in [-0.39, 0.29) is 0 Å². The van der Waals surface area contributed by atoms with Gasteiger partial charge in [0.05, 0.1) is 5.56 Å². The van der Waals surface area contributed by atoms with Crippen molar-refractivity contribution < 1.29 is 14.4 Å². The molecule has 0 saturated heterocycles. The summed E-state index contributed by atoms with van der Waals surface area (Å²) in [6, 6.07) is 16.4. The Morgan fingerprint density at radius 2 is 1.87 bits per heavy atom. The Morgan fingerprint density at radius 3 is 2.61 bits per heavy atom. The van der Waals surface area contributed by atoms with Gasteiger partial charge in [0, 0.05) is 6.08 Å². The molecule has 0 radical (unpaired) electrons. The summed E-state index contributed by atoms with van der Waals surface area (Å²) in [4.78, 5) is 28.1. The summed E-state index contributed by atoms with van der Waals surface area (Å²) in [7, 11) is 0. The van der Waals surface area contributed by atoms with Crippen LogP contribution in [0.5, 0.6) is 0 Å². The van der Waals surface area contributed by atoms with Crippen LogP contribution in [0.15, 0.2) is 60.7 Å². The molecule has 0 spiro atoms. The quantitative estimate of drug-likeness (QED) is 0.679. The lowest BCUT2D eigenvalue weighted by Crippen LogP contribution is -2.25.